The Labute approximate surface area is 194 Å². The number of para-hydroxylation sites is 1. The third-order valence-electron chi connectivity index (χ3n) is 7.14. The average molecular weight is 428 g/mol. The highest BCUT2D eigenvalue weighted by Gasteiger charge is 2.47. The molecule has 1 aliphatic rings. The van der Waals surface area contributed by atoms with E-state index in [1.807, 2.05) is 48.5 Å². The standard InChI is InChI=1S/C31H25NO/c1-30(2)23-15-7-9-17-25(23)31(33,26-18-10-8-16-24(26)30)27-20-22-14-6-11-19-28(22)32-29(27)21-12-4-3-5-13-21/h3-20,33H,1-2H3. The first-order valence-electron chi connectivity index (χ1n) is 11.4. The van der Waals surface area contributed by atoms with E-state index in [1.165, 1.54) is 0 Å². The molecule has 1 aromatic heterocycles. The van der Waals surface area contributed by atoms with Gasteiger partial charge in [-0.2, -0.15) is 0 Å². The van der Waals surface area contributed by atoms with Crippen molar-refractivity contribution in [3.8, 4) is 11.3 Å². The van der Waals surface area contributed by atoms with Crippen LogP contribution in [0, 0.1) is 0 Å². The van der Waals surface area contributed by atoms with Crippen molar-refractivity contribution in [2.24, 2.45) is 0 Å². The van der Waals surface area contributed by atoms with Gasteiger partial charge >= 0.3 is 0 Å². The third-order valence-corrected chi connectivity index (χ3v) is 7.14. The van der Waals surface area contributed by atoms with Gasteiger partial charge in [-0.05, 0) is 34.4 Å². The number of aromatic nitrogens is 1. The molecule has 0 fully saturated rings. The van der Waals surface area contributed by atoms with Crippen molar-refractivity contribution in [1.82, 2.24) is 4.98 Å². The lowest BCUT2D eigenvalue weighted by molar-refractivity contribution is 0.117. The van der Waals surface area contributed by atoms with Crippen LogP contribution in [0.1, 0.15) is 41.7 Å². The molecule has 2 nitrogen and oxygen atoms in total. The second-order valence-electron chi connectivity index (χ2n) is 9.37. The van der Waals surface area contributed by atoms with E-state index in [4.69, 9.17) is 4.98 Å². The Morgan fingerprint density at radius 2 is 1.09 bits per heavy atom. The van der Waals surface area contributed by atoms with Gasteiger partial charge in [0.15, 0.2) is 0 Å². The van der Waals surface area contributed by atoms with Gasteiger partial charge in [0.2, 0.25) is 0 Å². The molecule has 1 heterocycles. The quantitative estimate of drug-likeness (QED) is 0.335. The summed E-state index contributed by atoms with van der Waals surface area (Å²) in [6.45, 7) is 4.47. The van der Waals surface area contributed by atoms with Gasteiger partial charge in [-0.3, -0.25) is 0 Å². The van der Waals surface area contributed by atoms with Crippen LogP contribution in [0.15, 0.2) is 109 Å². The highest BCUT2D eigenvalue weighted by molar-refractivity contribution is 5.85. The minimum Gasteiger partial charge on any atom is -0.376 e. The Hall–Kier alpha value is -3.75. The molecule has 4 aromatic carbocycles. The zero-order valence-electron chi connectivity index (χ0n) is 18.8. The highest BCUT2D eigenvalue weighted by atomic mass is 16.3. The highest BCUT2D eigenvalue weighted by Crippen LogP contribution is 2.52. The fourth-order valence-electron chi connectivity index (χ4n) is 5.48. The molecule has 1 aliphatic carbocycles. The molecule has 0 atom stereocenters. The summed E-state index contributed by atoms with van der Waals surface area (Å²) >= 11 is 0. The largest absolute Gasteiger partial charge is 0.376 e. The number of benzene rings is 4. The number of pyridine rings is 1. The molecule has 33 heavy (non-hydrogen) atoms. The minimum atomic E-state index is -1.33. The van der Waals surface area contributed by atoms with E-state index in [1.54, 1.807) is 0 Å². The van der Waals surface area contributed by atoms with Crippen molar-refractivity contribution in [3.05, 3.63) is 137 Å². The summed E-state index contributed by atoms with van der Waals surface area (Å²) in [5.41, 5.74) is 6.08. The molecule has 0 radical (unpaired) electrons. The summed E-state index contributed by atoms with van der Waals surface area (Å²) in [5, 5.41) is 13.9. The Bertz CT molecular complexity index is 1450. The van der Waals surface area contributed by atoms with Crippen LogP contribution in [0.5, 0.6) is 0 Å². The molecular weight excluding hydrogens is 402 g/mol. The number of fused-ring (bicyclic) bond motifs is 3. The zero-order chi connectivity index (χ0) is 22.6. The average Bonchev–Trinajstić information content (AvgIpc) is 2.87. The summed E-state index contributed by atoms with van der Waals surface area (Å²) in [4.78, 5) is 5.09. The number of hydrogen-bond donors (Lipinski definition) is 1. The third kappa shape index (κ3) is 2.81. The Balaban J connectivity index is 1.77. The van der Waals surface area contributed by atoms with Crippen LogP contribution in [0.4, 0.5) is 0 Å². The van der Waals surface area contributed by atoms with E-state index in [0.29, 0.717) is 0 Å². The smallest absolute Gasteiger partial charge is 0.143 e. The Morgan fingerprint density at radius 3 is 1.73 bits per heavy atom. The normalized spacial score (nSPS) is 15.6. The molecule has 0 saturated heterocycles. The first-order chi connectivity index (χ1) is 16.0. The van der Waals surface area contributed by atoms with Gasteiger partial charge in [-0.25, -0.2) is 4.98 Å². The Morgan fingerprint density at radius 1 is 0.576 bits per heavy atom. The van der Waals surface area contributed by atoms with Crippen molar-refractivity contribution in [2.45, 2.75) is 24.9 Å². The van der Waals surface area contributed by atoms with Crippen LogP contribution in [-0.2, 0) is 11.0 Å². The van der Waals surface area contributed by atoms with Crippen LogP contribution < -0.4 is 0 Å². The van der Waals surface area contributed by atoms with Crippen molar-refractivity contribution in [2.75, 3.05) is 0 Å². The molecule has 160 valence electrons. The van der Waals surface area contributed by atoms with E-state index < -0.39 is 5.60 Å². The summed E-state index contributed by atoms with van der Waals surface area (Å²) < 4.78 is 0. The molecule has 0 amide bonds. The summed E-state index contributed by atoms with van der Waals surface area (Å²) in [5.74, 6) is 0. The van der Waals surface area contributed by atoms with E-state index in [9.17, 15) is 5.11 Å². The van der Waals surface area contributed by atoms with Crippen molar-refractivity contribution >= 4 is 10.9 Å². The summed E-state index contributed by atoms with van der Waals surface area (Å²) in [6.07, 6.45) is 0. The number of aliphatic hydroxyl groups is 1. The van der Waals surface area contributed by atoms with E-state index in [2.05, 4.69) is 74.5 Å². The fourth-order valence-corrected chi connectivity index (χ4v) is 5.48. The Kier molecular flexibility index (Phi) is 4.30. The van der Waals surface area contributed by atoms with E-state index in [-0.39, 0.29) is 5.41 Å². The predicted molar refractivity (Wildman–Crippen MR) is 134 cm³/mol. The van der Waals surface area contributed by atoms with Crippen LogP contribution in [0.25, 0.3) is 22.2 Å². The maximum absolute atomic E-state index is 12.8. The van der Waals surface area contributed by atoms with Crippen molar-refractivity contribution < 1.29 is 5.11 Å². The maximum Gasteiger partial charge on any atom is 0.143 e. The zero-order valence-corrected chi connectivity index (χ0v) is 18.8. The number of rotatable bonds is 2. The molecule has 2 heteroatoms. The van der Waals surface area contributed by atoms with Gasteiger partial charge in [0.05, 0.1) is 11.2 Å². The first kappa shape index (κ1) is 19.9. The summed E-state index contributed by atoms with van der Waals surface area (Å²) in [7, 11) is 0. The second-order valence-corrected chi connectivity index (χ2v) is 9.37. The number of hydrogen-bond acceptors (Lipinski definition) is 2. The molecule has 0 bridgehead atoms. The van der Waals surface area contributed by atoms with Gasteiger partial charge < -0.3 is 5.11 Å². The molecule has 0 unspecified atom stereocenters. The molecule has 6 rings (SSSR count). The van der Waals surface area contributed by atoms with Crippen LogP contribution >= 0.6 is 0 Å². The van der Waals surface area contributed by atoms with Crippen LogP contribution in [0.3, 0.4) is 0 Å². The number of nitrogens with zero attached hydrogens (tertiary/aromatic N) is 1. The van der Waals surface area contributed by atoms with E-state index in [0.717, 1.165) is 50.0 Å². The van der Waals surface area contributed by atoms with Crippen molar-refractivity contribution in [1.29, 1.82) is 0 Å². The molecule has 0 spiro atoms. The maximum atomic E-state index is 12.8. The molecule has 0 saturated carbocycles. The van der Waals surface area contributed by atoms with Gasteiger partial charge in [0.1, 0.15) is 5.60 Å². The lowest BCUT2D eigenvalue weighted by atomic mass is 9.61. The summed E-state index contributed by atoms with van der Waals surface area (Å²) in [6, 6.07) is 37.0. The van der Waals surface area contributed by atoms with Crippen LogP contribution in [-0.4, -0.2) is 10.1 Å². The monoisotopic (exact) mass is 427 g/mol. The second kappa shape index (κ2) is 7.13. The predicted octanol–water partition coefficient (Wildman–Crippen LogP) is 6.83. The molecular formula is C31H25NO. The lowest BCUT2D eigenvalue weighted by Crippen LogP contribution is -2.41. The first-order valence-corrected chi connectivity index (χ1v) is 11.4. The van der Waals surface area contributed by atoms with E-state index >= 15 is 0 Å². The lowest BCUT2D eigenvalue weighted by Gasteiger charge is -2.45. The van der Waals surface area contributed by atoms with Gasteiger partial charge in [-0.15, -0.1) is 0 Å². The van der Waals surface area contributed by atoms with Gasteiger partial charge in [-0.1, -0.05) is 111 Å². The SMILES string of the molecule is CC1(C)c2ccccc2C(O)(c2cc3ccccc3nc2-c2ccccc2)c2ccccc21. The van der Waals surface area contributed by atoms with Crippen LogP contribution in [0.2, 0.25) is 0 Å². The van der Waals surface area contributed by atoms with Crippen molar-refractivity contribution in [3.63, 3.8) is 0 Å². The molecule has 1 N–H and O–H groups in total. The topological polar surface area (TPSA) is 33.1 Å². The molecule has 0 aliphatic heterocycles. The minimum absolute atomic E-state index is 0.226. The fraction of sp³-hybridized carbons (Fsp3) is 0.129. The van der Waals surface area contributed by atoms with Gasteiger partial charge in [0.25, 0.3) is 0 Å². The molecule has 5 aromatic rings. The van der Waals surface area contributed by atoms with Gasteiger partial charge in [0, 0.05) is 21.9 Å².